The summed E-state index contributed by atoms with van der Waals surface area (Å²) in [5.74, 6) is 0. The fraction of sp³-hybridized carbons (Fsp3) is 0. The fourth-order valence-corrected chi connectivity index (χ4v) is 8.49. The van der Waals surface area contributed by atoms with E-state index in [0.29, 0.717) is 0 Å². The maximum atomic E-state index is 6.57. The summed E-state index contributed by atoms with van der Waals surface area (Å²) in [6, 6.07) is 41.0. The molecule has 5 aromatic heterocycles. The van der Waals surface area contributed by atoms with Crippen LogP contribution in [-0.4, -0.2) is 14.4 Å². The summed E-state index contributed by atoms with van der Waals surface area (Å²) in [6.45, 7) is 0. The normalized spacial score (nSPS) is 12.7. The van der Waals surface area contributed by atoms with Crippen LogP contribution in [0.2, 0.25) is 0 Å². The Morgan fingerprint density at radius 2 is 1.40 bits per heavy atom. The third-order valence-electron chi connectivity index (χ3n) is 9.11. The summed E-state index contributed by atoms with van der Waals surface area (Å²) >= 11 is 1.87. The van der Waals surface area contributed by atoms with Gasteiger partial charge in [-0.25, -0.2) is 9.97 Å². The summed E-state index contributed by atoms with van der Waals surface area (Å²) in [5, 5.41) is 8.28. The largest absolute Gasteiger partial charge is 0.455 e. The number of benzene rings is 6. The molecule has 11 aromatic rings. The molecule has 5 heterocycles. The number of nitrogens with zero attached hydrogens (tertiary/aromatic N) is 3. The molecule has 198 valence electrons. The van der Waals surface area contributed by atoms with Crippen molar-refractivity contribution in [3.8, 4) is 11.1 Å². The van der Waals surface area contributed by atoms with Gasteiger partial charge >= 0.3 is 0 Å². The molecule has 0 fully saturated rings. The van der Waals surface area contributed by atoms with Crippen LogP contribution in [0.25, 0.3) is 103 Å². The average molecular weight is 566 g/mol. The van der Waals surface area contributed by atoms with Crippen molar-refractivity contribution >= 4 is 103 Å². The number of furan rings is 1. The van der Waals surface area contributed by atoms with E-state index >= 15 is 0 Å². The van der Waals surface area contributed by atoms with E-state index in [0.717, 1.165) is 60.6 Å². The highest BCUT2D eigenvalue weighted by atomic mass is 32.1. The van der Waals surface area contributed by atoms with E-state index in [1.807, 2.05) is 47.7 Å². The molecule has 5 heteroatoms. The maximum absolute atomic E-state index is 6.57. The average Bonchev–Trinajstić information content (AvgIpc) is 3.79. The van der Waals surface area contributed by atoms with Crippen molar-refractivity contribution in [2.75, 3.05) is 0 Å². The number of para-hydroxylation sites is 3. The van der Waals surface area contributed by atoms with Crippen LogP contribution in [-0.2, 0) is 0 Å². The third-order valence-corrected chi connectivity index (χ3v) is 10.3. The van der Waals surface area contributed by atoms with Crippen LogP contribution in [0.3, 0.4) is 0 Å². The first-order chi connectivity index (χ1) is 21.3. The molecular formula is C38H19N3OS. The molecule has 0 spiro atoms. The van der Waals surface area contributed by atoms with Crippen molar-refractivity contribution < 1.29 is 4.42 Å². The van der Waals surface area contributed by atoms with Crippen molar-refractivity contribution in [1.82, 2.24) is 14.4 Å². The number of rotatable bonds is 1. The molecule has 0 aliphatic carbocycles. The minimum Gasteiger partial charge on any atom is -0.455 e. The van der Waals surface area contributed by atoms with Gasteiger partial charge in [0.2, 0.25) is 0 Å². The number of hydrogen-bond donors (Lipinski definition) is 0. The molecule has 4 nitrogen and oxygen atoms in total. The smallest absolute Gasteiger partial charge is 0.165 e. The van der Waals surface area contributed by atoms with E-state index in [1.54, 1.807) is 0 Å². The summed E-state index contributed by atoms with van der Waals surface area (Å²) in [4.78, 5) is 10.4. The van der Waals surface area contributed by atoms with Crippen LogP contribution < -0.4 is 0 Å². The maximum Gasteiger partial charge on any atom is 0.165 e. The van der Waals surface area contributed by atoms with Gasteiger partial charge in [0.25, 0.3) is 0 Å². The van der Waals surface area contributed by atoms with Crippen molar-refractivity contribution in [1.29, 1.82) is 0 Å². The molecule has 0 saturated carbocycles. The Morgan fingerprint density at radius 1 is 0.605 bits per heavy atom. The topological polar surface area (TPSA) is 43.3 Å². The van der Waals surface area contributed by atoms with Crippen LogP contribution in [0.15, 0.2) is 120 Å². The highest BCUT2D eigenvalue weighted by Crippen LogP contribution is 2.46. The zero-order valence-electron chi connectivity index (χ0n) is 22.6. The molecule has 0 saturated heterocycles. The second kappa shape index (κ2) is 7.65. The summed E-state index contributed by atoms with van der Waals surface area (Å²) in [5.41, 5.74) is 9.99. The number of aromatic nitrogens is 3. The predicted octanol–water partition coefficient (Wildman–Crippen LogP) is 10.7. The molecule has 0 bridgehead atoms. The van der Waals surface area contributed by atoms with E-state index in [2.05, 4.69) is 83.3 Å². The highest BCUT2D eigenvalue weighted by Gasteiger charge is 2.25. The summed E-state index contributed by atoms with van der Waals surface area (Å²) in [6.07, 6.45) is 0. The lowest BCUT2D eigenvalue weighted by molar-refractivity contribution is 0.673. The Balaban J connectivity index is 1.32. The Morgan fingerprint density at radius 3 is 2.33 bits per heavy atom. The van der Waals surface area contributed by atoms with Gasteiger partial charge in [-0.2, -0.15) is 0 Å². The van der Waals surface area contributed by atoms with Gasteiger partial charge in [-0.15, -0.1) is 11.3 Å². The lowest BCUT2D eigenvalue weighted by Crippen LogP contribution is -1.89. The monoisotopic (exact) mass is 565 g/mol. The van der Waals surface area contributed by atoms with Crippen LogP contribution >= 0.6 is 11.3 Å². The molecule has 0 atom stereocenters. The summed E-state index contributed by atoms with van der Waals surface area (Å²) in [7, 11) is 0. The molecule has 43 heavy (non-hydrogen) atoms. The predicted molar refractivity (Wildman–Crippen MR) is 180 cm³/mol. The summed E-state index contributed by atoms with van der Waals surface area (Å²) < 4.78 is 11.5. The van der Waals surface area contributed by atoms with Gasteiger partial charge in [0.05, 0.1) is 27.5 Å². The Hall–Kier alpha value is -5.52. The second-order valence-electron chi connectivity index (χ2n) is 11.4. The number of fused-ring (bicyclic) bond motifs is 14. The first-order valence-electron chi connectivity index (χ1n) is 14.4. The molecular weight excluding hydrogens is 547 g/mol. The van der Waals surface area contributed by atoms with Gasteiger partial charge in [0.15, 0.2) is 5.65 Å². The Bertz CT molecular complexity index is 2960. The van der Waals surface area contributed by atoms with Crippen LogP contribution in [0.5, 0.6) is 0 Å². The van der Waals surface area contributed by atoms with Crippen molar-refractivity contribution in [2.24, 2.45) is 0 Å². The first-order valence-corrected chi connectivity index (χ1v) is 15.2. The molecule has 0 unspecified atom stereocenters. The van der Waals surface area contributed by atoms with Crippen LogP contribution in [0, 0.1) is 0 Å². The van der Waals surface area contributed by atoms with Crippen LogP contribution in [0.1, 0.15) is 0 Å². The quantitative estimate of drug-likeness (QED) is 0.199. The standard InChI is InChI=1S/C38H19N3OS/c1-5-14-31-22(8-1)27-19-26-25-18-20(21-10-7-11-24-23-9-2-6-15-32(23)43-37(21)24)16-17-30(25)41-35(26)33(36(27)42-31)34-38(41)40-29-13-4-3-12-28(29)39-34/h1-19H. The molecule has 11 rings (SSSR count). The molecule has 0 amide bonds. The van der Waals surface area contributed by atoms with E-state index in [1.165, 1.54) is 42.1 Å². The van der Waals surface area contributed by atoms with Crippen molar-refractivity contribution in [3.05, 3.63) is 115 Å². The third kappa shape index (κ3) is 2.71. The lowest BCUT2D eigenvalue weighted by Gasteiger charge is -2.05. The fourth-order valence-electron chi connectivity index (χ4n) is 7.25. The van der Waals surface area contributed by atoms with Gasteiger partial charge < -0.3 is 4.42 Å². The van der Waals surface area contributed by atoms with Gasteiger partial charge in [-0.3, -0.25) is 4.40 Å². The molecule has 0 N–H and O–H groups in total. The minimum atomic E-state index is 0.862. The van der Waals surface area contributed by atoms with E-state index in [9.17, 15) is 0 Å². The molecule has 0 aliphatic rings. The van der Waals surface area contributed by atoms with Gasteiger partial charge in [0.1, 0.15) is 16.7 Å². The van der Waals surface area contributed by atoms with E-state index < -0.39 is 0 Å². The zero-order chi connectivity index (χ0) is 27.8. The minimum absolute atomic E-state index is 0.862. The van der Waals surface area contributed by atoms with E-state index in [-0.39, 0.29) is 0 Å². The second-order valence-corrected chi connectivity index (χ2v) is 12.4. The Kier molecular flexibility index (Phi) is 3.94. The van der Waals surface area contributed by atoms with Gasteiger partial charge in [-0.05, 0) is 53.6 Å². The Labute approximate surface area is 247 Å². The highest BCUT2D eigenvalue weighted by molar-refractivity contribution is 7.26. The van der Waals surface area contributed by atoms with Crippen LogP contribution in [0.4, 0.5) is 0 Å². The molecule has 0 aliphatic heterocycles. The van der Waals surface area contributed by atoms with Gasteiger partial charge in [-0.1, -0.05) is 72.8 Å². The molecule has 0 radical (unpaired) electrons. The first kappa shape index (κ1) is 22.1. The SMILES string of the molecule is c1ccc2nc3c(nc2c1)c1c2oc4ccccc4c2cc2c4cc(-c5cccc6c5sc5ccccc56)ccc4n3c21. The van der Waals surface area contributed by atoms with E-state index in [4.69, 9.17) is 14.4 Å². The molecule has 6 aromatic carbocycles. The van der Waals surface area contributed by atoms with Crippen molar-refractivity contribution in [2.45, 2.75) is 0 Å². The number of hydrogen-bond acceptors (Lipinski definition) is 4. The lowest BCUT2D eigenvalue weighted by atomic mass is 9.99. The zero-order valence-corrected chi connectivity index (χ0v) is 23.4. The number of thiophene rings is 1. The van der Waals surface area contributed by atoms with Crippen molar-refractivity contribution in [3.63, 3.8) is 0 Å². The van der Waals surface area contributed by atoms with Gasteiger partial charge in [0, 0.05) is 41.7 Å².